The van der Waals surface area contributed by atoms with Crippen molar-refractivity contribution in [2.45, 2.75) is 6.42 Å². The average Bonchev–Trinajstić information content (AvgIpc) is 2.55. The number of carboxylic acids is 1. The third kappa shape index (κ3) is 4.06. The molecule has 2 aromatic carbocycles. The van der Waals surface area contributed by atoms with Crippen molar-refractivity contribution in [3.8, 4) is 11.1 Å². The molecule has 0 unspecified atom stereocenters. The van der Waals surface area contributed by atoms with Gasteiger partial charge in [0.1, 0.15) is 0 Å². The fourth-order valence-electron chi connectivity index (χ4n) is 2.00. The molecule has 0 saturated heterocycles. The van der Waals surface area contributed by atoms with Crippen molar-refractivity contribution in [3.05, 3.63) is 72.3 Å². The highest BCUT2D eigenvalue weighted by Gasteiger charge is 2.03. The molecule has 2 aromatic rings. The van der Waals surface area contributed by atoms with E-state index in [1.54, 1.807) is 24.3 Å². The average molecular weight is 296 g/mol. The first-order valence-corrected chi connectivity index (χ1v) is 6.82. The zero-order chi connectivity index (χ0) is 15.9. The van der Waals surface area contributed by atoms with Crippen molar-refractivity contribution in [2.75, 3.05) is 6.61 Å². The second-order valence-corrected chi connectivity index (χ2v) is 4.70. The van der Waals surface area contributed by atoms with E-state index in [1.807, 2.05) is 24.3 Å². The summed E-state index contributed by atoms with van der Waals surface area (Å²) in [4.78, 5) is 21.8. The van der Waals surface area contributed by atoms with Crippen molar-refractivity contribution in [2.24, 2.45) is 0 Å². The molecule has 0 fully saturated rings. The molecule has 1 N–H and O–H groups in total. The van der Waals surface area contributed by atoms with Gasteiger partial charge in [0.05, 0.1) is 12.2 Å². The fourth-order valence-corrected chi connectivity index (χ4v) is 2.00. The summed E-state index contributed by atoms with van der Waals surface area (Å²) in [5.41, 5.74) is 3.28. The zero-order valence-corrected chi connectivity index (χ0v) is 12.0. The summed E-state index contributed by atoms with van der Waals surface area (Å²) >= 11 is 0. The third-order valence-electron chi connectivity index (χ3n) is 3.22. The Labute approximate surface area is 128 Å². The second-order valence-electron chi connectivity index (χ2n) is 4.70. The van der Waals surface area contributed by atoms with Crippen LogP contribution in [0.15, 0.2) is 61.2 Å². The van der Waals surface area contributed by atoms with Gasteiger partial charge in [-0.15, -0.1) is 0 Å². The van der Waals surface area contributed by atoms with E-state index in [4.69, 9.17) is 9.84 Å². The molecular weight excluding hydrogens is 280 g/mol. The Morgan fingerprint density at radius 2 is 1.55 bits per heavy atom. The number of carbonyl (C=O) groups is 2. The number of esters is 1. The van der Waals surface area contributed by atoms with Crippen molar-refractivity contribution >= 4 is 11.9 Å². The summed E-state index contributed by atoms with van der Waals surface area (Å²) in [6.45, 7) is 3.65. The maximum Gasteiger partial charge on any atom is 0.335 e. The predicted molar refractivity (Wildman–Crippen MR) is 83.7 cm³/mol. The summed E-state index contributed by atoms with van der Waals surface area (Å²) in [5.74, 6) is -1.36. The summed E-state index contributed by atoms with van der Waals surface area (Å²) in [6.07, 6.45) is 1.78. The monoisotopic (exact) mass is 296 g/mol. The van der Waals surface area contributed by atoms with E-state index in [1.165, 1.54) is 0 Å². The maximum absolute atomic E-state index is 10.9. The minimum atomic E-state index is -0.934. The van der Waals surface area contributed by atoms with E-state index in [-0.39, 0.29) is 5.56 Å². The van der Waals surface area contributed by atoms with E-state index >= 15 is 0 Å². The first kappa shape index (κ1) is 15.5. The Balaban J connectivity index is 2.00. The lowest BCUT2D eigenvalue weighted by Gasteiger charge is -2.05. The molecule has 0 bridgehead atoms. The van der Waals surface area contributed by atoms with Crippen LogP contribution in [0.1, 0.15) is 15.9 Å². The lowest BCUT2D eigenvalue weighted by molar-refractivity contribution is -0.137. The molecule has 0 aliphatic heterocycles. The number of carbonyl (C=O) groups excluding carboxylic acids is 1. The minimum Gasteiger partial charge on any atom is -0.478 e. The van der Waals surface area contributed by atoms with Gasteiger partial charge in [-0.2, -0.15) is 0 Å². The van der Waals surface area contributed by atoms with Gasteiger partial charge < -0.3 is 9.84 Å². The molecule has 0 amide bonds. The number of ether oxygens (including phenoxy) is 1. The molecule has 0 aliphatic carbocycles. The van der Waals surface area contributed by atoms with Crippen LogP contribution in [0.25, 0.3) is 11.1 Å². The Bertz CT molecular complexity index is 669. The fraction of sp³-hybridized carbons (Fsp3) is 0.111. The van der Waals surface area contributed by atoms with E-state index < -0.39 is 11.9 Å². The van der Waals surface area contributed by atoms with Gasteiger partial charge in [0.15, 0.2) is 0 Å². The second kappa shape index (κ2) is 7.22. The van der Waals surface area contributed by atoms with Gasteiger partial charge in [-0.1, -0.05) is 43.0 Å². The normalized spacial score (nSPS) is 10.0. The van der Waals surface area contributed by atoms with Crippen LogP contribution in [0.4, 0.5) is 0 Å². The Morgan fingerprint density at radius 3 is 2.05 bits per heavy atom. The van der Waals surface area contributed by atoms with Crippen LogP contribution in [0.3, 0.4) is 0 Å². The van der Waals surface area contributed by atoms with Gasteiger partial charge in [0, 0.05) is 12.5 Å². The Morgan fingerprint density at radius 1 is 1.00 bits per heavy atom. The van der Waals surface area contributed by atoms with Gasteiger partial charge in [-0.3, -0.25) is 0 Å². The number of hydrogen-bond donors (Lipinski definition) is 1. The predicted octanol–water partition coefficient (Wildman–Crippen LogP) is 3.32. The molecule has 0 atom stereocenters. The van der Waals surface area contributed by atoms with Crippen LogP contribution < -0.4 is 0 Å². The highest BCUT2D eigenvalue weighted by Crippen LogP contribution is 2.20. The molecule has 0 radical (unpaired) electrons. The summed E-state index contributed by atoms with van der Waals surface area (Å²) in [5, 5.41) is 8.88. The van der Waals surface area contributed by atoms with E-state index in [2.05, 4.69) is 6.58 Å². The maximum atomic E-state index is 10.9. The van der Waals surface area contributed by atoms with E-state index in [0.717, 1.165) is 22.8 Å². The molecule has 112 valence electrons. The number of hydrogen-bond acceptors (Lipinski definition) is 3. The Kier molecular flexibility index (Phi) is 5.09. The van der Waals surface area contributed by atoms with Gasteiger partial charge in [-0.05, 0) is 28.8 Å². The first-order chi connectivity index (χ1) is 10.6. The molecule has 0 aliphatic rings. The van der Waals surface area contributed by atoms with Gasteiger partial charge in [0.2, 0.25) is 0 Å². The lowest BCUT2D eigenvalue weighted by Crippen LogP contribution is -2.04. The van der Waals surface area contributed by atoms with E-state index in [0.29, 0.717) is 13.0 Å². The third-order valence-corrected chi connectivity index (χ3v) is 3.22. The number of carboxylic acid groups (broad SMARTS) is 1. The molecule has 4 heteroatoms. The smallest absolute Gasteiger partial charge is 0.335 e. The van der Waals surface area contributed by atoms with Crippen LogP contribution in [0.5, 0.6) is 0 Å². The summed E-state index contributed by atoms with van der Waals surface area (Å²) < 4.78 is 4.93. The van der Waals surface area contributed by atoms with Crippen LogP contribution in [-0.2, 0) is 16.0 Å². The largest absolute Gasteiger partial charge is 0.478 e. The van der Waals surface area contributed by atoms with Gasteiger partial charge in [-0.25, -0.2) is 9.59 Å². The Hall–Kier alpha value is -2.88. The van der Waals surface area contributed by atoms with Crippen molar-refractivity contribution < 1.29 is 19.4 Å². The van der Waals surface area contributed by atoms with Gasteiger partial charge >= 0.3 is 11.9 Å². The van der Waals surface area contributed by atoms with E-state index in [9.17, 15) is 9.59 Å². The molecular formula is C18H16O4. The molecule has 2 rings (SSSR count). The molecule has 0 aromatic heterocycles. The highest BCUT2D eigenvalue weighted by molar-refractivity contribution is 5.88. The standard InChI is InChI=1S/C18H16O4/c1-2-17(19)22-12-11-13-3-5-14(6-4-13)15-7-9-16(10-8-15)18(20)21/h2-10H,1,11-12H2,(H,20,21). The summed E-state index contributed by atoms with van der Waals surface area (Å²) in [7, 11) is 0. The minimum absolute atomic E-state index is 0.268. The number of aromatic carboxylic acids is 1. The molecule has 0 spiro atoms. The topological polar surface area (TPSA) is 63.6 Å². The highest BCUT2D eigenvalue weighted by atomic mass is 16.5. The number of benzene rings is 2. The van der Waals surface area contributed by atoms with Gasteiger partial charge in [0.25, 0.3) is 0 Å². The quantitative estimate of drug-likeness (QED) is 0.656. The van der Waals surface area contributed by atoms with Crippen molar-refractivity contribution in [1.82, 2.24) is 0 Å². The summed E-state index contributed by atoms with van der Waals surface area (Å²) in [6, 6.07) is 14.6. The van der Waals surface area contributed by atoms with Crippen molar-refractivity contribution in [3.63, 3.8) is 0 Å². The number of rotatable bonds is 6. The SMILES string of the molecule is C=CC(=O)OCCc1ccc(-c2ccc(C(=O)O)cc2)cc1. The van der Waals surface area contributed by atoms with Crippen LogP contribution in [-0.4, -0.2) is 23.7 Å². The van der Waals surface area contributed by atoms with Crippen LogP contribution >= 0.6 is 0 Å². The molecule has 0 saturated carbocycles. The first-order valence-electron chi connectivity index (χ1n) is 6.82. The zero-order valence-electron chi connectivity index (χ0n) is 12.0. The molecule has 4 nitrogen and oxygen atoms in total. The molecule has 0 heterocycles. The van der Waals surface area contributed by atoms with Crippen LogP contribution in [0.2, 0.25) is 0 Å². The van der Waals surface area contributed by atoms with Crippen molar-refractivity contribution in [1.29, 1.82) is 0 Å². The van der Waals surface area contributed by atoms with Crippen LogP contribution in [0, 0.1) is 0 Å². The lowest BCUT2D eigenvalue weighted by atomic mass is 10.0. The molecule has 22 heavy (non-hydrogen) atoms.